The molecule has 4 N–H and O–H groups in total. The fourth-order valence-corrected chi connectivity index (χ4v) is 3.46. The number of nitrogens with zero attached hydrogens (tertiary/aromatic N) is 3. The number of hydrogen-bond donors (Lipinski definition) is 4. The standard InChI is InChI=1S/C23H28FN7O2/c1-4-26-20(32)17-11-27-21(28-16-6-5-14-7-8-25-10-15(14)9-16)30-19(17)31-22-29-18(12-33-22)23(2,3)13-24/h5-6,9,11-12,25H,4,7-8,10,13H2,1-3H3,(H,26,32)(H2,27,28,29,30,31). The van der Waals surface area contributed by atoms with E-state index in [1.807, 2.05) is 13.0 Å². The number of nitrogens with one attached hydrogen (secondary N) is 4. The highest BCUT2D eigenvalue weighted by Gasteiger charge is 2.25. The van der Waals surface area contributed by atoms with Crippen LogP contribution in [0.25, 0.3) is 0 Å². The van der Waals surface area contributed by atoms with Gasteiger partial charge in [0.25, 0.3) is 5.91 Å². The maximum atomic E-state index is 13.3. The third-order valence-electron chi connectivity index (χ3n) is 5.48. The molecule has 0 spiro atoms. The van der Waals surface area contributed by atoms with Gasteiger partial charge in [-0.25, -0.2) is 4.98 Å². The summed E-state index contributed by atoms with van der Waals surface area (Å²) in [6.45, 7) is 6.95. The number of anilines is 4. The van der Waals surface area contributed by atoms with E-state index in [1.165, 1.54) is 23.6 Å². The molecule has 1 aliphatic rings. The Bertz CT molecular complexity index is 1150. The maximum absolute atomic E-state index is 13.3. The van der Waals surface area contributed by atoms with Gasteiger partial charge in [0.1, 0.15) is 18.5 Å². The van der Waals surface area contributed by atoms with Crippen LogP contribution in [0.4, 0.5) is 27.9 Å². The lowest BCUT2D eigenvalue weighted by Gasteiger charge is -2.18. The molecule has 3 aromatic rings. The van der Waals surface area contributed by atoms with Gasteiger partial charge in [0.05, 0.1) is 5.69 Å². The number of alkyl halides is 1. The van der Waals surface area contributed by atoms with Crippen molar-refractivity contribution in [2.75, 3.05) is 30.4 Å². The number of fused-ring (bicyclic) bond motifs is 1. The van der Waals surface area contributed by atoms with Gasteiger partial charge in [-0.3, -0.25) is 14.5 Å². The molecule has 1 amide bonds. The fourth-order valence-electron chi connectivity index (χ4n) is 3.46. The fraction of sp³-hybridized carbons (Fsp3) is 0.391. The first-order valence-corrected chi connectivity index (χ1v) is 10.9. The summed E-state index contributed by atoms with van der Waals surface area (Å²) in [5.41, 5.74) is 3.31. The molecule has 4 rings (SSSR count). The molecule has 1 aromatic carbocycles. The molecule has 3 heterocycles. The molecule has 0 unspecified atom stereocenters. The molecule has 2 aromatic heterocycles. The number of oxazole rings is 1. The zero-order chi connectivity index (χ0) is 23.4. The van der Waals surface area contributed by atoms with Crippen LogP contribution in [0.3, 0.4) is 0 Å². The Kier molecular flexibility index (Phi) is 6.55. The molecule has 33 heavy (non-hydrogen) atoms. The second kappa shape index (κ2) is 9.53. The number of amides is 1. The Morgan fingerprint density at radius 2 is 2.09 bits per heavy atom. The number of rotatable bonds is 8. The largest absolute Gasteiger partial charge is 0.432 e. The van der Waals surface area contributed by atoms with E-state index in [-0.39, 0.29) is 23.3 Å². The topological polar surface area (TPSA) is 117 Å². The summed E-state index contributed by atoms with van der Waals surface area (Å²) in [4.78, 5) is 25.7. The van der Waals surface area contributed by atoms with E-state index < -0.39 is 12.1 Å². The summed E-state index contributed by atoms with van der Waals surface area (Å²) in [6.07, 6.45) is 3.84. The van der Waals surface area contributed by atoms with E-state index in [0.29, 0.717) is 18.2 Å². The average molecular weight is 454 g/mol. The van der Waals surface area contributed by atoms with Gasteiger partial charge in [-0.15, -0.1) is 0 Å². The molecular formula is C23H28FN7O2. The quantitative estimate of drug-likeness (QED) is 0.409. The van der Waals surface area contributed by atoms with Crippen LogP contribution in [0, 0.1) is 0 Å². The lowest BCUT2D eigenvalue weighted by Crippen LogP contribution is -2.24. The molecule has 0 radical (unpaired) electrons. The molecular weight excluding hydrogens is 425 g/mol. The highest BCUT2D eigenvalue weighted by atomic mass is 19.1. The predicted molar refractivity (Wildman–Crippen MR) is 124 cm³/mol. The predicted octanol–water partition coefficient (Wildman–Crippen LogP) is 3.59. The number of hydrogen-bond acceptors (Lipinski definition) is 8. The van der Waals surface area contributed by atoms with Crippen molar-refractivity contribution in [2.45, 2.75) is 39.2 Å². The highest BCUT2D eigenvalue weighted by Crippen LogP contribution is 2.27. The van der Waals surface area contributed by atoms with Gasteiger partial charge in [-0.05, 0) is 43.1 Å². The molecule has 10 heteroatoms. The van der Waals surface area contributed by atoms with Gasteiger partial charge in [-0.2, -0.15) is 9.97 Å². The van der Waals surface area contributed by atoms with Crippen LogP contribution in [0.1, 0.15) is 48.0 Å². The second-order valence-electron chi connectivity index (χ2n) is 8.53. The summed E-state index contributed by atoms with van der Waals surface area (Å²) in [5.74, 6) is 0.205. The zero-order valence-corrected chi connectivity index (χ0v) is 19.0. The molecule has 0 fully saturated rings. The van der Waals surface area contributed by atoms with Crippen LogP contribution in [-0.4, -0.2) is 40.6 Å². The Labute approximate surface area is 191 Å². The van der Waals surface area contributed by atoms with E-state index in [2.05, 4.69) is 48.4 Å². The van der Waals surface area contributed by atoms with Gasteiger partial charge in [-0.1, -0.05) is 19.9 Å². The summed E-state index contributed by atoms with van der Waals surface area (Å²) < 4.78 is 18.8. The van der Waals surface area contributed by atoms with Crippen LogP contribution in [0.15, 0.2) is 35.1 Å². The molecule has 9 nitrogen and oxygen atoms in total. The van der Waals surface area contributed by atoms with Crippen molar-refractivity contribution in [2.24, 2.45) is 0 Å². The number of aromatic nitrogens is 3. The molecule has 174 valence electrons. The number of halogens is 1. The average Bonchev–Trinajstić information content (AvgIpc) is 3.29. The van der Waals surface area contributed by atoms with Crippen molar-refractivity contribution in [1.29, 1.82) is 0 Å². The van der Waals surface area contributed by atoms with E-state index in [0.717, 1.165) is 25.2 Å². The van der Waals surface area contributed by atoms with Crippen LogP contribution in [0.5, 0.6) is 0 Å². The van der Waals surface area contributed by atoms with Crippen LogP contribution >= 0.6 is 0 Å². The van der Waals surface area contributed by atoms with Crippen molar-refractivity contribution in [3.63, 3.8) is 0 Å². The van der Waals surface area contributed by atoms with Crippen molar-refractivity contribution in [3.05, 3.63) is 53.0 Å². The molecule has 0 saturated heterocycles. The summed E-state index contributed by atoms with van der Waals surface area (Å²) >= 11 is 0. The minimum atomic E-state index is -0.786. The van der Waals surface area contributed by atoms with Crippen molar-refractivity contribution in [1.82, 2.24) is 25.6 Å². The first kappa shape index (κ1) is 22.7. The summed E-state index contributed by atoms with van der Waals surface area (Å²) in [6, 6.07) is 6.26. The number of benzene rings is 1. The van der Waals surface area contributed by atoms with E-state index in [1.54, 1.807) is 13.8 Å². The van der Waals surface area contributed by atoms with Gasteiger partial charge in [0.15, 0.2) is 5.82 Å². The summed E-state index contributed by atoms with van der Waals surface area (Å²) in [5, 5.41) is 12.2. The smallest absolute Gasteiger partial charge is 0.300 e. The summed E-state index contributed by atoms with van der Waals surface area (Å²) in [7, 11) is 0. The molecule has 0 bridgehead atoms. The lowest BCUT2D eigenvalue weighted by molar-refractivity contribution is 0.0956. The van der Waals surface area contributed by atoms with E-state index >= 15 is 0 Å². The highest BCUT2D eigenvalue weighted by molar-refractivity contribution is 5.99. The zero-order valence-electron chi connectivity index (χ0n) is 19.0. The SMILES string of the molecule is CCNC(=O)c1cnc(Nc2ccc3c(c2)CNCC3)nc1Nc1nc(C(C)(C)CF)co1. The van der Waals surface area contributed by atoms with Gasteiger partial charge >= 0.3 is 6.01 Å². The van der Waals surface area contributed by atoms with E-state index in [9.17, 15) is 9.18 Å². The number of carbonyl (C=O) groups is 1. The van der Waals surface area contributed by atoms with Crippen LogP contribution < -0.4 is 21.3 Å². The monoisotopic (exact) mass is 453 g/mol. The maximum Gasteiger partial charge on any atom is 0.300 e. The Balaban J connectivity index is 1.61. The van der Waals surface area contributed by atoms with Gasteiger partial charge < -0.3 is 20.4 Å². The van der Waals surface area contributed by atoms with Crippen molar-refractivity contribution >= 4 is 29.4 Å². The Morgan fingerprint density at radius 1 is 1.24 bits per heavy atom. The molecule has 0 atom stereocenters. The van der Waals surface area contributed by atoms with Crippen LogP contribution in [0.2, 0.25) is 0 Å². The minimum absolute atomic E-state index is 0.113. The minimum Gasteiger partial charge on any atom is -0.432 e. The van der Waals surface area contributed by atoms with Crippen molar-refractivity contribution < 1.29 is 13.6 Å². The Hall–Kier alpha value is -3.53. The van der Waals surface area contributed by atoms with Crippen LogP contribution in [-0.2, 0) is 18.4 Å². The lowest BCUT2D eigenvalue weighted by atomic mass is 9.92. The molecule has 0 saturated carbocycles. The van der Waals surface area contributed by atoms with Gasteiger partial charge in [0.2, 0.25) is 5.95 Å². The third-order valence-corrected chi connectivity index (χ3v) is 5.48. The first-order valence-electron chi connectivity index (χ1n) is 10.9. The molecule has 0 aliphatic carbocycles. The second-order valence-corrected chi connectivity index (χ2v) is 8.53. The van der Waals surface area contributed by atoms with Crippen molar-refractivity contribution in [3.8, 4) is 0 Å². The first-order chi connectivity index (χ1) is 15.9. The number of carbonyl (C=O) groups excluding carboxylic acids is 1. The Morgan fingerprint density at radius 3 is 2.88 bits per heavy atom. The molecule has 1 aliphatic heterocycles. The third kappa shape index (κ3) is 5.11. The van der Waals surface area contributed by atoms with E-state index in [4.69, 9.17) is 4.42 Å². The van der Waals surface area contributed by atoms with Gasteiger partial charge in [0, 0.05) is 30.4 Å². The normalized spacial score (nSPS) is 13.3.